The zero-order valence-electron chi connectivity index (χ0n) is 16.4. The van der Waals surface area contributed by atoms with Gasteiger partial charge in [0.15, 0.2) is 5.13 Å². The highest BCUT2D eigenvalue weighted by atomic mass is 35.5. The Hall–Kier alpha value is -2.75. The number of rotatable bonds is 7. The van der Waals surface area contributed by atoms with Crippen molar-refractivity contribution in [2.75, 3.05) is 17.7 Å². The van der Waals surface area contributed by atoms with Crippen LogP contribution in [0.1, 0.15) is 12.1 Å². The van der Waals surface area contributed by atoms with E-state index in [1.54, 1.807) is 19.2 Å². The Bertz CT molecular complexity index is 1100. The molecule has 1 amide bonds. The zero-order chi connectivity index (χ0) is 21.8. The molecule has 2 aromatic carbocycles. The van der Waals surface area contributed by atoms with Crippen molar-refractivity contribution in [1.29, 1.82) is 0 Å². The van der Waals surface area contributed by atoms with Crippen molar-refractivity contribution in [2.45, 2.75) is 23.2 Å². The molecular weight excluding hydrogens is 458 g/mol. The number of carbonyl (C=O) groups excluding carboxylic acids is 2. The van der Waals surface area contributed by atoms with E-state index in [1.165, 1.54) is 23.1 Å². The smallest absolute Gasteiger partial charge is 0.307 e. The molecule has 0 saturated heterocycles. The summed E-state index contributed by atoms with van der Waals surface area (Å²) in [5.41, 5.74) is 2.17. The molecule has 1 aliphatic heterocycles. The van der Waals surface area contributed by atoms with Gasteiger partial charge in [0.05, 0.1) is 30.2 Å². The van der Waals surface area contributed by atoms with Crippen LogP contribution in [0, 0.1) is 0 Å². The van der Waals surface area contributed by atoms with Crippen LogP contribution in [-0.2, 0) is 20.9 Å². The van der Waals surface area contributed by atoms with Gasteiger partial charge >= 0.3 is 5.97 Å². The molecule has 0 bridgehead atoms. The second kappa shape index (κ2) is 9.59. The summed E-state index contributed by atoms with van der Waals surface area (Å²) in [5.74, 6) is 0.0773. The van der Waals surface area contributed by atoms with E-state index < -0.39 is 11.2 Å². The maximum absolute atomic E-state index is 12.3. The number of hydrogen-bond acceptors (Lipinski definition) is 8. The van der Waals surface area contributed by atoms with Crippen molar-refractivity contribution in [3.63, 3.8) is 0 Å². The number of fused-ring (bicyclic) bond motifs is 1. The van der Waals surface area contributed by atoms with Crippen molar-refractivity contribution in [2.24, 2.45) is 0 Å². The van der Waals surface area contributed by atoms with Crippen molar-refractivity contribution in [3.8, 4) is 5.75 Å². The highest BCUT2D eigenvalue weighted by Gasteiger charge is 2.29. The van der Waals surface area contributed by atoms with Gasteiger partial charge in [0.25, 0.3) is 0 Å². The summed E-state index contributed by atoms with van der Waals surface area (Å²) in [6.45, 7) is 0.0465. The number of nitrogens with zero attached hydrogens (tertiary/aromatic N) is 1. The molecule has 160 valence electrons. The van der Waals surface area contributed by atoms with E-state index in [-0.39, 0.29) is 18.9 Å². The number of anilines is 3. The molecule has 1 atom stereocenters. The van der Waals surface area contributed by atoms with Crippen LogP contribution in [0.3, 0.4) is 0 Å². The Labute approximate surface area is 192 Å². The highest BCUT2D eigenvalue weighted by molar-refractivity contribution is 8.01. The van der Waals surface area contributed by atoms with Gasteiger partial charge in [-0.25, -0.2) is 4.98 Å². The van der Waals surface area contributed by atoms with Gasteiger partial charge < -0.3 is 20.1 Å². The fourth-order valence-electron chi connectivity index (χ4n) is 2.85. The summed E-state index contributed by atoms with van der Waals surface area (Å²) in [5, 5.41) is 8.48. The molecule has 1 unspecified atom stereocenters. The molecule has 31 heavy (non-hydrogen) atoms. The number of esters is 1. The number of benzene rings is 2. The van der Waals surface area contributed by atoms with Crippen LogP contribution in [0.2, 0.25) is 5.02 Å². The molecule has 3 aromatic rings. The summed E-state index contributed by atoms with van der Waals surface area (Å²) >= 11 is 8.69. The minimum Gasteiger partial charge on any atom is -0.497 e. The third-order valence-corrected chi connectivity index (χ3v) is 6.70. The topological polar surface area (TPSA) is 89.5 Å². The first-order chi connectivity index (χ1) is 15.0. The number of hydrogen-bond donors (Lipinski definition) is 2. The van der Waals surface area contributed by atoms with E-state index in [4.69, 9.17) is 21.1 Å². The third kappa shape index (κ3) is 5.49. The van der Waals surface area contributed by atoms with Crippen molar-refractivity contribution in [1.82, 2.24) is 4.98 Å². The first kappa shape index (κ1) is 21.5. The fraction of sp³-hybridized carbons (Fsp3) is 0.190. The molecule has 0 saturated carbocycles. The average Bonchev–Trinajstić information content (AvgIpc) is 3.21. The number of amides is 1. The van der Waals surface area contributed by atoms with Crippen molar-refractivity contribution in [3.05, 3.63) is 58.6 Å². The standard InChI is InChI=1S/C21H18ClN3O4S2/c1-28-15-5-3-13(4-6-15)23-21-24-14(11-30-21)10-29-19(26)9-18-20(27)25-16-8-12(22)2-7-17(16)31-18/h2-8,11,18H,9-10H2,1H3,(H,23,24)(H,25,27). The molecule has 1 aliphatic rings. The van der Waals surface area contributed by atoms with Crippen LogP contribution < -0.4 is 15.4 Å². The molecule has 7 nitrogen and oxygen atoms in total. The Kier molecular flexibility index (Phi) is 6.64. The quantitative estimate of drug-likeness (QED) is 0.460. The van der Waals surface area contributed by atoms with Crippen LogP contribution in [0.5, 0.6) is 5.75 Å². The fourth-order valence-corrected chi connectivity index (χ4v) is 4.81. The largest absolute Gasteiger partial charge is 0.497 e. The molecule has 0 aliphatic carbocycles. The van der Waals surface area contributed by atoms with Crippen LogP contribution in [-0.4, -0.2) is 29.2 Å². The van der Waals surface area contributed by atoms with E-state index in [1.807, 2.05) is 35.7 Å². The van der Waals surface area contributed by atoms with E-state index in [0.29, 0.717) is 21.5 Å². The predicted molar refractivity (Wildman–Crippen MR) is 123 cm³/mol. The van der Waals surface area contributed by atoms with Gasteiger partial charge in [-0.05, 0) is 42.5 Å². The lowest BCUT2D eigenvalue weighted by Crippen LogP contribution is -2.31. The lowest BCUT2D eigenvalue weighted by atomic mass is 10.2. The number of methoxy groups -OCH3 is 1. The van der Waals surface area contributed by atoms with Gasteiger partial charge in [0.1, 0.15) is 12.4 Å². The monoisotopic (exact) mass is 475 g/mol. The lowest BCUT2D eigenvalue weighted by Gasteiger charge is -2.23. The zero-order valence-corrected chi connectivity index (χ0v) is 18.8. The SMILES string of the molecule is COc1ccc(Nc2nc(COC(=O)CC3Sc4ccc(Cl)cc4NC3=O)cs2)cc1. The molecule has 1 aromatic heterocycles. The number of carbonyl (C=O) groups is 2. The maximum Gasteiger partial charge on any atom is 0.307 e. The average molecular weight is 476 g/mol. The first-order valence-corrected chi connectivity index (χ1v) is 11.4. The second-order valence-corrected chi connectivity index (χ2v) is 9.14. The van der Waals surface area contributed by atoms with Gasteiger partial charge in [-0.3, -0.25) is 9.59 Å². The normalized spacial score (nSPS) is 15.0. The number of thiazole rings is 1. The molecule has 0 radical (unpaired) electrons. The Balaban J connectivity index is 1.28. The number of nitrogens with one attached hydrogen (secondary N) is 2. The molecule has 10 heteroatoms. The Morgan fingerprint density at radius 2 is 2.06 bits per heavy atom. The van der Waals surface area contributed by atoms with Crippen LogP contribution >= 0.6 is 34.7 Å². The molecule has 2 heterocycles. The maximum atomic E-state index is 12.3. The number of ether oxygens (including phenoxy) is 2. The summed E-state index contributed by atoms with van der Waals surface area (Å²) < 4.78 is 10.5. The molecule has 0 fully saturated rings. The summed E-state index contributed by atoms with van der Waals surface area (Å²) in [7, 11) is 1.62. The van der Waals surface area contributed by atoms with E-state index in [9.17, 15) is 9.59 Å². The number of thioether (sulfide) groups is 1. The lowest BCUT2D eigenvalue weighted by molar-refractivity contribution is -0.145. The van der Waals surface area contributed by atoms with E-state index >= 15 is 0 Å². The third-order valence-electron chi connectivity index (χ3n) is 4.39. The minimum absolute atomic E-state index is 0.0281. The number of halogens is 1. The van der Waals surface area contributed by atoms with Gasteiger partial charge in [-0.1, -0.05) is 11.6 Å². The van der Waals surface area contributed by atoms with Crippen molar-refractivity contribution < 1.29 is 19.1 Å². The molecule has 4 rings (SSSR count). The Morgan fingerprint density at radius 3 is 2.84 bits per heavy atom. The van der Waals surface area contributed by atoms with Gasteiger partial charge in [0, 0.05) is 21.0 Å². The molecular formula is C21H18ClN3O4S2. The molecule has 2 N–H and O–H groups in total. The summed E-state index contributed by atoms with van der Waals surface area (Å²) in [6.07, 6.45) is -0.0281. The van der Waals surface area contributed by atoms with E-state index in [2.05, 4.69) is 15.6 Å². The van der Waals surface area contributed by atoms with Crippen molar-refractivity contribution >= 4 is 63.1 Å². The second-order valence-electron chi connectivity index (χ2n) is 6.60. The molecule has 0 spiro atoms. The van der Waals surface area contributed by atoms with Gasteiger partial charge in [0.2, 0.25) is 5.91 Å². The summed E-state index contributed by atoms with van der Waals surface area (Å²) in [6, 6.07) is 12.7. The van der Waals surface area contributed by atoms with E-state index in [0.717, 1.165) is 16.3 Å². The predicted octanol–water partition coefficient (Wildman–Crippen LogP) is 5.10. The highest BCUT2D eigenvalue weighted by Crippen LogP contribution is 2.38. The van der Waals surface area contributed by atoms with Crippen LogP contribution in [0.25, 0.3) is 0 Å². The first-order valence-electron chi connectivity index (χ1n) is 9.28. The Morgan fingerprint density at radius 1 is 1.26 bits per heavy atom. The van der Waals surface area contributed by atoms with Crippen LogP contribution in [0.4, 0.5) is 16.5 Å². The van der Waals surface area contributed by atoms with Gasteiger partial charge in [-0.15, -0.1) is 23.1 Å². The minimum atomic E-state index is -0.552. The van der Waals surface area contributed by atoms with Crippen LogP contribution in [0.15, 0.2) is 52.7 Å². The summed E-state index contributed by atoms with van der Waals surface area (Å²) in [4.78, 5) is 29.8. The van der Waals surface area contributed by atoms with Gasteiger partial charge in [-0.2, -0.15) is 0 Å². The number of aromatic nitrogens is 1.